The monoisotopic (exact) mass is 438 g/mol. The minimum atomic E-state index is -0.401. The normalized spacial score (nSPS) is 13.9. The second-order valence-corrected chi connectivity index (χ2v) is 8.19. The van der Waals surface area contributed by atoms with E-state index in [-0.39, 0.29) is 0 Å². The number of imide groups is 1. The summed E-state index contributed by atoms with van der Waals surface area (Å²) in [5.41, 5.74) is 2.11. The van der Waals surface area contributed by atoms with Gasteiger partial charge >= 0.3 is 0 Å². The van der Waals surface area contributed by atoms with Gasteiger partial charge in [0.05, 0.1) is 18.4 Å². The number of rotatable bonds is 6. The van der Waals surface area contributed by atoms with Crippen LogP contribution in [0.2, 0.25) is 5.02 Å². The van der Waals surface area contributed by atoms with E-state index in [9.17, 15) is 9.59 Å². The van der Waals surface area contributed by atoms with E-state index in [2.05, 4.69) is 0 Å². The van der Waals surface area contributed by atoms with Crippen molar-refractivity contribution in [1.29, 1.82) is 0 Å². The third-order valence-electron chi connectivity index (χ3n) is 4.85. The number of methoxy groups -OCH3 is 1. The molecule has 1 aromatic heterocycles. The first-order valence-electron chi connectivity index (χ1n) is 9.26. The van der Waals surface area contributed by atoms with E-state index < -0.39 is 11.8 Å². The first kappa shape index (κ1) is 20.2. The fourth-order valence-electron chi connectivity index (χ4n) is 3.51. The molecule has 2 aromatic carbocycles. The molecule has 2 amide bonds. The van der Waals surface area contributed by atoms with Gasteiger partial charge in [-0.15, -0.1) is 11.3 Å². The third kappa shape index (κ3) is 3.60. The van der Waals surface area contributed by atoms with Crippen LogP contribution in [-0.2, 0) is 16.1 Å². The molecule has 5 nitrogen and oxygen atoms in total. The second-order valence-electron chi connectivity index (χ2n) is 6.80. The van der Waals surface area contributed by atoms with Crippen LogP contribution >= 0.6 is 22.9 Å². The highest BCUT2D eigenvalue weighted by Gasteiger charge is 2.43. The smallest absolute Gasteiger partial charge is 0.282 e. The minimum Gasteiger partial charge on any atom is -0.495 e. The molecular weight excluding hydrogens is 420 g/mol. The largest absolute Gasteiger partial charge is 0.495 e. The number of nitrogens with zero attached hydrogens (tertiary/aromatic N) is 2. The molecule has 1 aliphatic heterocycles. The Morgan fingerprint density at radius 1 is 1.03 bits per heavy atom. The number of anilines is 1. The molecule has 0 radical (unpaired) electrons. The molecule has 0 atom stereocenters. The lowest BCUT2D eigenvalue weighted by Crippen LogP contribution is -2.34. The van der Waals surface area contributed by atoms with E-state index in [0.29, 0.717) is 34.3 Å². The molecule has 0 saturated carbocycles. The van der Waals surface area contributed by atoms with E-state index in [1.807, 2.05) is 59.8 Å². The van der Waals surface area contributed by atoms with Gasteiger partial charge in [0, 0.05) is 23.5 Å². The van der Waals surface area contributed by atoms with Crippen molar-refractivity contribution in [3.63, 3.8) is 0 Å². The molecule has 2 heterocycles. The van der Waals surface area contributed by atoms with E-state index in [1.165, 1.54) is 18.4 Å². The predicted molar refractivity (Wildman–Crippen MR) is 120 cm³/mol. The van der Waals surface area contributed by atoms with Crippen molar-refractivity contribution in [2.75, 3.05) is 19.1 Å². The molecule has 0 fully saturated rings. The lowest BCUT2D eigenvalue weighted by molar-refractivity contribution is -0.120. The summed E-state index contributed by atoms with van der Waals surface area (Å²) >= 11 is 7.59. The zero-order valence-corrected chi connectivity index (χ0v) is 18.0. The molecule has 0 N–H and O–H groups in total. The maximum Gasteiger partial charge on any atom is 0.282 e. The topological polar surface area (TPSA) is 49.9 Å². The van der Waals surface area contributed by atoms with Gasteiger partial charge in [-0.3, -0.25) is 9.59 Å². The van der Waals surface area contributed by atoms with Crippen LogP contribution in [0.3, 0.4) is 0 Å². The Balaban J connectivity index is 1.80. The predicted octanol–water partition coefficient (Wildman–Crippen LogP) is 4.83. The lowest BCUT2D eigenvalue weighted by Gasteiger charge is -2.22. The summed E-state index contributed by atoms with van der Waals surface area (Å²) in [4.78, 5) is 30.7. The first-order valence-corrected chi connectivity index (χ1v) is 10.5. The molecular formula is C23H19ClN2O3S. The molecule has 0 bridgehead atoms. The average molecular weight is 439 g/mol. The summed E-state index contributed by atoms with van der Waals surface area (Å²) in [6.45, 7) is 0.491. The molecule has 3 aromatic rings. The number of carbonyl (C=O) groups excluding carboxylic acids is 2. The zero-order valence-electron chi connectivity index (χ0n) is 16.5. The fraction of sp³-hybridized carbons (Fsp3) is 0.130. The van der Waals surface area contributed by atoms with Crippen molar-refractivity contribution in [3.05, 3.63) is 87.2 Å². The average Bonchev–Trinajstić information content (AvgIpc) is 3.34. The van der Waals surface area contributed by atoms with Crippen molar-refractivity contribution in [2.24, 2.45) is 0 Å². The fourth-order valence-corrected chi connectivity index (χ4v) is 4.44. The number of ether oxygens (including phenoxy) is 1. The van der Waals surface area contributed by atoms with Crippen LogP contribution in [0.25, 0.3) is 5.57 Å². The Morgan fingerprint density at radius 3 is 2.47 bits per heavy atom. The number of hydrogen-bond donors (Lipinski definition) is 0. The molecule has 7 heteroatoms. The van der Waals surface area contributed by atoms with Crippen molar-refractivity contribution in [2.45, 2.75) is 6.54 Å². The molecule has 1 aliphatic rings. The van der Waals surface area contributed by atoms with Crippen LogP contribution in [0.15, 0.2) is 71.7 Å². The van der Waals surface area contributed by atoms with Gasteiger partial charge in [0.25, 0.3) is 11.8 Å². The van der Waals surface area contributed by atoms with Crippen LogP contribution < -0.4 is 9.64 Å². The van der Waals surface area contributed by atoms with E-state index in [1.54, 1.807) is 18.2 Å². The van der Waals surface area contributed by atoms with Crippen LogP contribution in [0.1, 0.15) is 10.4 Å². The Labute approximate surface area is 183 Å². The number of amides is 2. The summed E-state index contributed by atoms with van der Waals surface area (Å²) in [6.07, 6.45) is 0. The van der Waals surface area contributed by atoms with Crippen molar-refractivity contribution >= 4 is 46.0 Å². The number of hydrogen-bond acceptors (Lipinski definition) is 5. The van der Waals surface area contributed by atoms with Gasteiger partial charge in [-0.05, 0) is 35.2 Å². The Bertz CT molecular complexity index is 1130. The number of thiophene rings is 1. The molecule has 0 aliphatic carbocycles. The molecule has 4 rings (SSSR count). The van der Waals surface area contributed by atoms with Gasteiger partial charge in [0.1, 0.15) is 11.4 Å². The summed E-state index contributed by atoms with van der Waals surface area (Å²) in [7, 11) is 3.31. The van der Waals surface area contributed by atoms with Crippen molar-refractivity contribution in [3.8, 4) is 5.75 Å². The van der Waals surface area contributed by atoms with Crippen LogP contribution in [0.4, 0.5) is 5.69 Å². The van der Waals surface area contributed by atoms with Crippen LogP contribution in [0.5, 0.6) is 5.75 Å². The van der Waals surface area contributed by atoms with Crippen LogP contribution in [0, 0.1) is 0 Å². The highest BCUT2D eigenvalue weighted by atomic mass is 35.5. The van der Waals surface area contributed by atoms with Gasteiger partial charge in [-0.2, -0.15) is 0 Å². The number of benzene rings is 2. The van der Waals surface area contributed by atoms with Gasteiger partial charge < -0.3 is 9.64 Å². The van der Waals surface area contributed by atoms with Crippen molar-refractivity contribution < 1.29 is 14.3 Å². The van der Waals surface area contributed by atoms with Gasteiger partial charge in [0.2, 0.25) is 0 Å². The van der Waals surface area contributed by atoms with E-state index >= 15 is 0 Å². The summed E-state index contributed by atoms with van der Waals surface area (Å²) < 4.78 is 5.39. The Morgan fingerprint density at radius 2 is 1.80 bits per heavy atom. The first-order chi connectivity index (χ1) is 14.5. The molecule has 152 valence electrons. The van der Waals surface area contributed by atoms with Crippen molar-refractivity contribution in [1.82, 2.24) is 4.90 Å². The molecule has 0 saturated heterocycles. The number of likely N-dealkylation sites (N-methyl/N-ethyl adjacent to an activating group) is 1. The molecule has 30 heavy (non-hydrogen) atoms. The zero-order chi connectivity index (χ0) is 21.3. The minimum absolute atomic E-state index is 0.331. The van der Waals surface area contributed by atoms with Crippen LogP contribution in [-0.4, -0.2) is 30.9 Å². The maximum atomic E-state index is 13.5. The quantitative estimate of drug-likeness (QED) is 0.517. The number of carbonyl (C=O) groups is 2. The summed E-state index contributed by atoms with van der Waals surface area (Å²) in [6, 6.07) is 18.4. The lowest BCUT2D eigenvalue weighted by atomic mass is 10.1. The highest BCUT2D eigenvalue weighted by Crippen LogP contribution is 2.40. The highest BCUT2D eigenvalue weighted by molar-refractivity contribution is 7.11. The number of halogens is 1. The van der Waals surface area contributed by atoms with Gasteiger partial charge in [-0.25, -0.2) is 4.90 Å². The van der Waals surface area contributed by atoms with Gasteiger partial charge in [-0.1, -0.05) is 48.0 Å². The Hall–Kier alpha value is -3.09. The third-order valence-corrected chi connectivity index (χ3v) is 5.98. The second kappa shape index (κ2) is 8.34. The standard InChI is InChI=1S/C23H19ClN2O3S/c1-25(14-15-7-4-3-5-8-15)21-20(19-9-6-12-30-19)22(27)26(23(21)28)17-13-16(24)10-11-18(17)29-2/h3-13H,14H2,1-2H3. The molecule has 0 unspecified atom stereocenters. The van der Waals surface area contributed by atoms with Gasteiger partial charge in [0.15, 0.2) is 0 Å². The summed E-state index contributed by atoms with van der Waals surface area (Å²) in [5.74, 6) is -0.390. The van der Waals surface area contributed by atoms with E-state index in [4.69, 9.17) is 16.3 Å². The Kier molecular flexibility index (Phi) is 5.61. The maximum absolute atomic E-state index is 13.5. The molecule has 0 spiro atoms. The SMILES string of the molecule is COc1ccc(Cl)cc1N1C(=O)C(c2cccs2)=C(N(C)Cc2ccccc2)C1=O. The van der Waals surface area contributed by atoms with E-state index in [0.717, 1.165) is 15.3 Å². The summed E-state index contributed by atoms with van der Waals surface area (Å²) in [5, 5.41) is 2.30.